The van der Waals surface area contributed by atoms with Crippen LogP contribution in [0.3, 0.4) is 0 Å². The number of hydrogen-bond acceptors (Lipinski definition) is 1. The molecule has 0 atom stereocenters. The Morgan fingerprint density at radius 2 is 1.19 bits per heavy atom. The van der Waals surface area contributed by atoms with E-state index in [1.165, 1.54) is 0 Å². The van der Waals surface area contributed by atoms with E-state index in [-0.39, 0.29) is 18.4 Å². The van der Waals surface area contributed by atoms with Crippen LogP contribution in [0.15, 0.2) is 0 Å². The van der Waals surface area contributed by atoms with Gasteiger partial charge in [-0.2, -0.15) is 0 Å². The van der Waals surface area contributed by atoms with E-state index in [4.69, 9.17) is 0 Å². The third-order valence-corrected chi connectivity index (χ3v) is 0.834. The summed E-state index contributed by atoms with van der Waals surface area (Å²) in [6, 6.07) is 0.102. The van der Waals surface area contributed by atoms with Crippen LogP contribution in [0.4, 0.5) is 30.0 Å². The molecule has 0 rings (SSSR count). The van der Waals surface area contributed by atoms with Crippen molar-refractivity contribution in [2.75, 3.05) is 28.2 Å². The van der Waals surface area contributed by atoms with E-state index in [0.717, 1.165) is 4.90 Å². The average Bonchev–Trinajstić information content (AvgIpc) is 1.77. The molecule has 16 heavy (non-hydrogen) atoms. The Hall–Kier alpha value is -0.270. The molecule has 11 heteroatoms. The van der Waals surface area contributed by atoms with Gasteiger partial charge in [0, 0.05) is 14.1 Å². The molecule has 0 unspecified atom stereocenters. The van der Waals surface area contributed by atoms with E-state index in [1.807, 2.05) is 14.1 Å². The van der Waals surface area contributed by atoms with Crippen LogP contribution in [0.25, 0.3) is 0 Å². The van der Waals surface area contributed by atoms with Crippen LogP contribution in [0.5, 0.6) is 0 Å². The summed E-state index contributed by atoms with van der Waals surface area (Å²) < 4.78 is 59.2. The van der Waals surface area contributed by atoms with Gasteiger partial charge >= 0.3 is 39.0 Å². The summed E-state index contributed by atoms with van der Waals surface area (Å²) in [6.07, 6.45) is 0. The summed E-state index contributed by atoms with van der Waals surface area (Å²) in [5, 5.41) is 0. The van der Waals surface area contributed by atoms with Crippen LogP contribution in [0, 0.1) is 0 Å². The molecule has 0 spiro atoms. The second kappa shape index (κ2) is 4.93. The van der Waals surface area contributed by atoms with Crippen molar-refractivity contribution < 1.29 is 47.3 Å². The quantitative estimate of drug-likeness (QED) is 0.459. The van der Waals surface area contributed by atoms with Crippen LogP contribution >= 0.6 is 7.81 Å². The molecular formula is C5H13ClF6N2OP-. The fraction of sp³-hybridized carbons (Fsp3) is 0.800. The number of hydrogen-bond donors (Lipinski definition) is 1. The normalized spacial score (nSPS) is 14.9. The van der Waals surface area contributed by atoms with E-state index in [1.54, 1.807) is 19.0 Å². The number of rotatable bonds is 0. The molecular weight excluding hydrogens is 284 g/mol. The molecule has 0 aliphatic carbocycles. The fourth-order valence-electron chi connectivity index (χ4n) is 0.447. The van der Waals surface area contributed by atoms with E-state index in [2.05, 4.69) is 0 Å². The number of nitrogens with one attached hydrogen (secondary N) is 1. The van der Waals surface area contributed by atoms with Crippen molar-refractivity contribution in [2.45, 2.75) is 0 Å². The minimum atomic E-state index is -10.7. The maximum absolute atomic E-state index is 10.7. The molecule has 0 aromatic heterocycles. The predicted octanol–water partition coefficient (Wildman–Crippen LogP) is -0.801. The molecule has 0 aliphatic rings. The minimum absolute atomic E-state index is 0. The first-order valence-corrected chi connectivity index (χ1v) is 5.61. The van der Waals surface area contributed by atoms with Crippen LogP contribution < -0.4 is 17.3 Å². The zero-order valence-electron chi connectivity index (χ0n) is 8.95. The van der Waals surface area contributed by atoms with E-state index in [9.17, 15) is 30.0 Å². The zero-order chi connectivity index (χ0) is 13.1. The van der Waals surface area contributed by atoms with Gasteiger partial charge in [0.2, 0.25) is 0 Å². The fourth-order valence-corrected chi connectivity index (χ4v) is 0.447. The zero-order valence-corrected chi connectivity index (χ0v) is 10.6. The molecule has 0 aromatic carbocycles. The van der Waals surface area contributed by atoms with Crippen LogP contribution in [-0.4, -0.2) is 39.1 Å². The van der Waals surface area contributed by atoms with Crippen LogP contribution in [-0.2, 0) is 0 Å². The van der Waals surface area contributed by atoms with Gasteiger partial charge in [-0.1, -0.05) is 0 Å². The monoisotopic (exact) mass is 297 g/mol. The van der Waals surface area contributed by atoms with E-state index in [0.29, 0.717) is 0 Å². The van der Waals surface area contributed by atoms with Gasteiger partial charge in [-0.3, -0.25) is 9.80 Å². The molecule has 3 nitrogen and oxygen atoms in total. The van der Waals surface area contributed by atoms with Crippen molar-refractivity contribution in [3.05, 3.63) is 0 Å². The van der Waals surface area contributed by atoms with Crippen LogP contribution in [0.2, 0.25) is 0 Å². The summed E-state index contributed by atoms with van der Waals surface area (Å²) in [4.78, 5) is 13.1. The van der Waals surface area contributed by atoms with Gasteiger partial charge < -0.3 is 12.4 Å². The number of urea groups is 1. The van der Waals surface area contributed by atoms with E-state index >= 15 is 0 Å². The number of quaternary nitrogens is 1. The van der Waals surface area contributed by atoms with Crippen molar-refractivity contribution in [2.24, 2.45) is 0 Å². The third kappa shape index (κ3) is 37.2. The van der Waals surface area contributed by atoms with Crippen molar-refractivity contribution in [1.29, 1.82) is 0 Å². The summed E-state index contributed by atoms with van der Waals surface area (Å²) in [7, 11) is -3.55. The SMILES string of the molecule is CN(C)C(=O)[NH+](C)C.F[P-](F)(F)(F)(F)F.[Cl-]. The number of halogens is 7. The van der Waals surface area contributed by atoms with Gasteiger partial charge in [-0.05, 0) is 0 Å². The summed E-state index contributed by atoms with van der Waals surface area (Å²) in [5.74, 6) is 0. The Morgan fingerprint density at radius 1 is 1.00 bits per heavy atom. The van der Waals surface area contributed by atoms with Gasteiger partial charge in [0.05, 0.1) is 14.1 Å². The topological polar surface area (TPSA) is 24.8 Å². The van der Waals surface area contributed by atoms with Crippen LogP contribution in [0.1, 0.15) is 0 Å². The first kappa shape index (κ1) is 21.1. The van der Waals surface area contributed by atoms with Gasteiger partial charge in [0.25, 0.3) is 0 Å². The van der Waals surface area contributed by atoms with Gasteiger partial charge in [-0.15, -0.1) is 0 Å². The molecule has 1 N–H and O–H groups in total. The third-order valence-electron chi connectivity index (χ3n) is 0.834. The smallest absolute Gasteiger partial charge is 1.00 e. The molecule has 0 saturated heterocycles. The van der Waals surface area contributed by atoms with Gasteiger partial charge in [-0.25, -0.2) is 4.79 Å². The first-order chi connectivity index (χ1) is 6.00. The molecule has 0 fully saturated rings. The molecule has 0 aromatic rings. The maximum atomic E-state index is 10.7. The second-order valence-corrected chi connectivity index (χ2v) is 5.07. The number of carbonyl (C=O) groups excluding carboxylic acids is 1. The summed E-state index contributed by atoms with van der Waals surface area (Å²) in [6.45, 7) is 0. The Balaban J connectivity index is -0.000000200. The van der Waals surface area contributed by atoms with Gasteiger partial charge in [0.15, 0.2) is 0 Å². The summed E-state index contributed by atoms with van der Waals surface area (Å²) >= 11 is 0. The Morgan fingerprint density at radius 3 is 1.19 bits per heavy atom. The minimum Gasteiger partial charge on any atom is -1.00 e. The molecule has 104 valence electrons. The van der Waals surface area contributed by atoms with Crippen molar-refractivity contribution >= 4 is 13.8 Å². The molecule has 0 bridgehead atoms. The number of carbonyl (C=O) groups is 1. The van der Waals surface area contributed by atoms with Gasteiger partial charge in [0.1, 0.15) is 0 Å². The van der Waals surface area contributed by atoms with Crippen molar-refractivity contribution in [3.63, 3.8) is 0 Å². The number of amides is 2. The Kier molecular flexibility index (Phi) is 6.49. The van der Waals surface area contributed by atoms with Crippen molar-refractivity contribution in [1.82, 2.24) is 4.90 Å². The molecule has 2 amide bonds. The standard InChI is InChI=1S/C5H12N2O.ClH.F6P/c1-6(2)5(8)7(3)4;;1-7(2,3,4,5)6/h1-4H3;1H;/q;;-1. The predicted molar refractivity (Wildman–Crippen MR) is 45.5 cm³/mol. The Bertz CT molecular complexity index is 215. The van der Waals surface area contributed by atoms with E-state index < -0.39 is 7.81 Å². The first-order valence-electron chi connectivity index (χ1n) is 3.59. The Labute approximate surface area is 95.0 Å². The average molecular weight is 298 g/mol. The maximum Gasteiger partial charge on any atom is -1.00 e. The number of nitrogens with zero attached hydrogens (tertiary/aromatic N) is 1. The molecule has 0 aliphatic heterocycles. The van der Waals surface area contributed by atoms with Crippen molar-refractivity contribution in [3.8, 4) is 0 Å². The molecule has 0 saturated carbocycles. The summed E-state index contributed by atoms with van der Waals surface area (Å²) in [5.41, 5.74) is 0. The molecule has 0 heterocycles. The molecule has 0 radical (unpaired) electrons. The second-order valence-electron chi connectivity index (χ2n) is 3.16. The largest absolute Gasteiger partial charge is 1.00 e.